The molecule has 2 rings (SSSR count). The molecule has 1 aliphatic heterocycles. The lowest BCUT2D eigenvalue weighted by Crippen LogP contribution is -2.47. The van der Waals surface area contributed by atoms with Crippen molar-refractivity contribution >= 4 is 11.7 Å². The highest BCUT2D eigenvalue weighted by Crippen LogP contribution is 2.19. The van der Waals surface area contributed by atoms with Gasteiger partial charge in [-0.25, -0.2) is 9.99 Å². The fraction of sp³-hybridized carbons (Fsp3) is 0.632. The highest BCUT2D eigenvalue weighted by Gasteiger charge is 2.30. The van der Waals surface area contributed by atoms with E-state index in [-0.39, 0.29) is 24.5 Å². The van der Waals surface area contributed by atoms with Crippen LogP contribution in [0.3, 0.4) is 0 Å². The van der Waals surface area contributed by atoms with Crippen LogP contribution in [-0.2, 0) is 4.79 Å². The van der Waals surface area contributed by atoms with E-state index in [1.54, 1.807) is 4.90 Å². The predicted octanol–water partition coefficient (Wildman–Crippen LogP) is 3.15. The average molecular weight is 343 g/mol. The van der Waals surface area contributed by atoms with Crippen LogP contribution < -0.4 is 5.43 Å². The molecule has 0 aliphatic carbocycles. The van der Waals surface area contributed by atoms with Gasteiger partial charge in [0, 0.05) is 18.8 Å². The van der Waals surface area contributed by atoms with E-state index in [0.717, 1.165) is 25.1 Å². The molecule has 1 aliphatic rings. The van der Waals surface area contributed by atoms with E-state index >= 15 is 0 Å². The first-order chi connectivity index (χ1) is 12.0. The number of hydrogen-bond donors (Lipinski definition) is 1. The Morgan fingerprint density at radius 2 is 2.24 bits per heavy atom. The molecule has 1 unspecified atom stereocenters. The Kier molecular flexibility index (Phi) is 6.77. The van der Waals surface area contributed by atoms with Gasteiger partial charge < -0.3 is 10.3 Å². The number of carbonyl (C=O) groups is 1. The van der Waals surface area contributed by atoms with Crippen molar-refractivity contribution in [1.29, 1.82) is 5.26 Å². The zero-order valence-corrected chi connectivity index (χ0v) is 15.7. The summed E-state index contributed by atoms with van der Waals surface area (Å²) >= 11 is 0. The minimum absolute atomic E-state index is 0.00403. The molecule has 1 aromatic rings. The van der Waals surface area contributed by atoms with E-state index < -0.39 is 0 Å². The molecule has 1 fully saturated rings. The Labute approximate surface area is 150 Å². The normalized spacial score (nSPS) is 18.4. The van der Waals surface area contributed by atoms with Crippen molar-refractivity contribution in [3.8, 4) is 6.07 Å². The summed E-state index contributed by atoms with van der Waals surface area (Å²) in [5, 5.41) is 11.1. The third-order valence-corrected chi connectivity index (χ3v) is 4.86. The molecule has 2 atom stereocenters. The third kappa shape index (κ3) is 4.93. The Bertz CT molecular complexity index is 607. The van der Waals surface area contributed by atoms with Crippen LogP contribution in [0.15, 0.2) is 18.3 Å². The molecule has 1 N–H and O–H groups in total. The zero-order chi connectivity index (χ0) is 18.4. The van der Waals surface area contributed by atoms with Crippen LogP contribution in [0.2, 0.25) is 0 Å². The highest BCUT2D eigenvalue weighted by atomic mass is 16.2. The molecule has 6 nitrogen and oxygen atoms in total. The number of anilines is 1. The largest absolute Gasteiger partial charge is 0.325 e. The van der Waals surface area contributed by atoms with Gasteiger partial charge in [-0.1, -0.05) is 26.8 Å². The second-order valence-corrected chi connectivity index (χ2v) is 7.00. The second-order valence-electron chi connectivity index (χ2n) is 7.00. The maximum absolute atomic E-state index is 12.7. The van der Waals surface area contributed by atoms with Crippen molar-refractivity contribution in [2.45, 2.75) is 65.0 Å². The number of nitriles is 1. The van der Waals surface area contributed by atoms with Crippen LogP contribution in [0.25, 0.3) is 0 Å². The number of nitrogens with zero attached hydrogens (tertiary/aromatic N) is 4. The number of amides is 1. The maximum atomic E-state index is 12.7. The molecule has 6 heteroatoms. The number of rotatable bonds is 7. The molecular weight excluding hydrogens is 314 g/mol. The minimum Gasteiger partial charge on any atom is -0.325 e. The number of hydrazine groups is 1. The van der Waals surface area contributed by atoms with E-state index in [1.165, 1.54) is 5.56 Å². The Morgan fingerprint density at radius 3 is 2.80 bits per heavy atom. The van der Waals surface area contributed by atoms with Crippen LogP contribution >= 0.6 is 0 Å². The van der Waals surface area contributed by atoms with Crippen molar-refractivity contribution in [1.82, 2.24) is 14.9 Å². The topological polar surface area (TPSA) is 72.3 Å². The fourth-order valence-electron chi connectivity index (χ4n) is 2.92. The van der Waals surface area contributed by atoms with Crippen molar-refractivity contribution in [3.63, 3.8) is 0 Å². The first kappa shape index (κ1) is 19.2. The summed E-state index contributed by atoms with van der Waals surface area (Å²) < 4.78 is 0. The molecule has 0 saturated carbocycles. The number of carbonyl (C=O) groups excluding carboxylic acids is 1. The standard InChI is InChI=1S/C19H29N5O/c1-5-15(4)24(13-19(25)23-10-6-7-17(23)11-20)22-18-9-8-16(12-21-18)14(2)3/h8-9,12,14-15,17H,5-7,10,13H2,1-4H3,(H,21,22)/t15-,17?/m0/s1. The summed E-state index contributed by atoms with van der Waals surface area (Å²) in [6, 6.07) is 6.13. The number of pyridine rings is 1. The maximum Gasteiger partial charge on any atom is 0.239 e. The number of likely N-dealkylation sites (tertiary alicyclic amines) is 1. The number of hydrogen-bond acceptors (Lipinski definition) is 5. The van der Waals surface area contributed by atoms with Crippen LogP contribution in [0.4, 0.5) is 5.82 Å². The third-order valence-electron chi connectivity index (χ3n) is 4.86. The van der Waals surface area contributed by atoms with E-state index in [9.17, 15) is 10.1 Å². The van der Waals surface area contributed by atoms with Crippen molar-refractivity contribution < 1.29 is 4.79 Å². The lowest BCUT2D eigenvalue weighted by Gasteiger charge is -2.31. The average Bonchev–Trinajstić information content (AvgIpc) is 3.09. The lowest BCUT2D eigenvalue weighted by molar-refractivity contribution is -0.132. The fourth-order valence-corrected chi connectivity index (χ4v) is 2.92. The Balaban J connectivity index is 2.06. The van der Waals surface area contributed by atoms with Gasteiger partial charge in [-0.2, -0.15) is 5.26 Å². The molecule has 2 heterocycles. The first-order valence-corrected chi connectivity index (χ1v) is 9.14. The molecule has 136 valence electrons. The number of aromatic nitrogens is 1. The molecule has 0 radical (unpaired) electrons. The molecule has 0 spiro atoms. The molecule has 1 amide bonds. The number of nitrogens with one attached hydrogen (secondary N) is 1. The van der Waals surface area contributed by atoms with Crippen LogP contribution in [0.1, 0.15) is 58.4 Å². The SMILES string of the molecule is CC[C@H](C)N(CC(=O)N1CCCC1C#N)Nc1ccc(C(C)C)cn1. The van der Waals surface area contributed by atoms with Crippen LogP contribution in [0, 0.1) is 11.3 Å². The van der Waals surface area contributed by atoms with Crippen LogP contribution in [0.5, 0.6) is 0 Å². The van der Waals surface area contributed by atoms with Gasteiger partial charge >= 0.3 is 0 Å². The molecular formula is C19H29N5O. The Morgan fingerprint density at radius 1 is 1.48 bits per heavy atom. The van der Waals surface area contributed by atoms with Gasteiger partial charge in [-0.3, -0.25) is 4.79 Å². The van der Waals surface area contributed by atoms with Gasteiger partial charge in [0.15, 0.2) is 0 Å². The summed E-state index contributed by atoms with van der Waals surface area (Å²) in [5.41, 5.74) is 4.46. The van der Waals surface area contributed by atoms with Crippen LogP contribution in [-0.4, -0.2) is 46.0 Å². The van der Waals surface area contributed by atoms with Gasteiger partial charge in [0.2, 0.25) is 5.91 Å². The monoisotopic (exact) mass is 343 g/mol. The zero-order valence-electron chi connectivity index (χ0n) is 15.7. The lowest BCUT2D eigenvalue weighted by atomic mass is 10.1. The second kappa shape index (κ2) is 8.82. The highest BCUT2D eigenvalue weighted by molar-refractivity contribution is 5.79. The summed E-state index contributed by atoms with van der Waals surface area (Å²) in [7, 11) is 0. The summed E-state index contributed by atoms with van der Waals surface area (Å²) in [5.74, 6) is 1.17. The summed E-state index contributed by atoms with van der Waals surface area (Å²) in [4.78, 5) is 18.8. The molecule has 0 aromatic carbocycles. The quantitative estimate of drug-likeness (QED) is 0.770. The summed E-state index contributed by atoms with van der Waals surface area (Å²) in [6.07, 6.45) is 4.46. The van der Waals surface area contributed by atoms with Gasteiger partial charge in [-0.05, 0) is 43.7 Å². The van der Waals surface area contributed by atoms with Crippen molar-refractivity contribution in [2.75, 3.05) is 18.5 Å². The van der Waals surface area contributed by atoms with Crippen molar-refractivity contribution in [3.05, 3.63) is 23.9 Å². The minimum atomic E-state index is -0.283. The van der Waals surface area contributed by atoms with Gasteiger partial charge in [0.05, 0.1) is 12.6 Å². The summed E-state index contributed by atoms with van der Waals surface area (Å²) in [6.45, 7) is 9.35. The van der Waals surface area contributed by atoms with Gasteiger partial charge in [0.25, 0.3) is 0 Å². The smallest absolute Gasteiger partial charge is 0.239 e. The van der Waals surface area contributed by atoms with E-state index in [1.807, 2.05) is 17.3 Å². The predicted molar refractivity (Wildman–Crippen MR) is 98.8 cm³/mol. The molecule has 25 heavy (non-hydrogen) atoms. The van der Waals surface area contributed by atoms with E-state index in [0.29, 0.717) is 12.5 Å². The van der Waals surface area contributed by atoms with Gasteiger partial charge in [0.1, 0.15) is 11.9 Å². The Hall–Kier alpha value is -2.13. The van der Waals surface area contributed by atoms with Crippen molar-refractivity contribution in [2.24, 2.45) is 0 Å². The van der Waals surface area contributed by atoms with Gasteiger partial charge in [-0.15, -0.1) is 0 Å². The molecule has 1 aromatic heterocycles. The van der Waals surface area contributed by atoms with E-state index in [2.05, 4.69) is 50.2 Å². The first-order valence-electron chi connectivity index (χ1n) is 9.14. The van der Waals surface area contributed by atoms with E-state index in [4.69, 9.17) is 0 Å². The molecule has 0 bridgehead atoms. The molecule has 1 saturated heterocycles.